The maximum Gasteiger partial charge on any atom is 0.240 e. The fourth-order valence-corrected chi connectivity index (χ4v) is 2.79. The maximum absolute atomic E-state index is 12.2. The van der Waals surface area contributed by atoms with Crippen LogP contribution in [0.3, 0.4) is 0 Å². The molecule has 0 aliphatic carbocycles. The Kier molecular flexibility index (Phi) is 6.17. The second-order valence-electron chi connectivity index (χ2n) is 5.01. The largest absolute Gasteiger partial charge is 0.495 e. The maximum atomic E-state index is 12.2. The van der Waals surface area contributed by atoms with Gasteiger partial charge in [0.2, 0.25) is 15.9 Å². The molecule has 0 saturated carbocycles. The number of carbonyl (C=O) groups is 1. The highest BCUT2D eigenvalue weighted by molar-refractivity contribution is 7.89. The summed E-state index contributed by atoms with van der Waals surface area (Å²) in [6.45, 7) is 5.91. The Hall–Kier alpha value is -1.60. The van der Waals surface area contributed by atoms with E-state index < -0.39 is 10.0 Å². The first kappa shape index (κ1) is 17.5. The summed E-state index contributed by atoms with van der Waals surface area (Å²) in [5, 5.41) is 2.63. The summed E-state index contributed by atoms with van der Waals surface area (Å²) >= 11 is 0. The topological polar surface area (TPSA) is 84.5 Å². The number of methoxy groups -OCH3 is 1. The van der Waals surface area contributed by atoms with Gasteiger partial charge in [-0.05, 0) is 24.1 Å². The number of nitrogens with one attached hydrogen (secondary N) is 2. The van der Waals surface area contributed by atoms with Gasteiger partial charge in [0, 0.05) is 13.0 Å². The minimum Gasteiger partial charge on any atom is -0.495 e. The van der Waals surface area contributed by atoms with Crippen LogP contribution in [0.15, 0.2) is 23.1 Å². The zero-order chi connectivity index (χ0) is 16.0. The minimum absolute atomic E-state index is 0.0929. The first-order valence-corrected chi connectivity index (χ1v) is 8.26. The van der Waals surface area contributed by atoms with E-state index >= 15 is 0 Å². The van der Waals surface area contributed by atoms with Gasteiger partial charge < -0.3 is 10.1 Å². The Morgan fingerprint density at radius 2 is 2.00 bits per heavy atom. The van der Waals surface area contributed by atoms with Crippen LogP contribution in [-0.2, 0) is 14.8 Å². The van der Waals surface area contributed by atoms with Crippen LogP contribution in [-0.4, -0.2) is 28.0 Å². The van der Waals surface area contributed by atoms with Gasteiger partial charge in [0.25, 0.3) is 0 Å². The third-order valence-electron chi connectivity index (χ3n) is 2.76. The average Bonchev–Trinajstić information content (AvgIpc) is 2.45. The Labute approximate surface area is 125 Å². The van der Waals surface area contributed by atoms with Crippen LogP contribution in [0.25, 0.3) is 0 Å². The summed E-state index contributed by atoms with van der Waals surface area (Å²) in [4.78, 5) is 11.6. The molecule has 0 saturated heterocycles. The molecule has 118 valence electrons. The molecule has 0 heterocycles. The van der Waals surface area contributed by atoms with E-state index in [4.69, 9.17) is 4.74 Å². The van der Waals surface area contributed by atoms with Crippen LogP contribution in [0.1, 0.15) is 27.2 Å². The normalized spacial score (nSPS) is 11.5. The van der Waals surface area contributed by atoms with Crippen molar-refractivity contribution < 1.29 is 17.9 Å². The number of carbonyl (C=O) groups excluding carboxylic acids is 1. The van der Waals surface area contributed by atoms with Crippen LogP contribution in [0.2, 0.25) is 0 Å². The van der Waals surface area contributed by atoms with E-state index in [0.717, 1.165) is 0 Å². The summed E-state index contributed by atoms with van der Waals surface area (Å²) in [5.41, 5.74) is 0.344. The van der Waals surface area contributed by atoms with E-state index in [2.05, 4.69) is 10.0 Å². The van der Waals surface area contributed by atoms with Crippen molar-refractivity contribution in [1.29, 1.82) is 0 Å². The van der Waals surface area contributed by atoms with Gasteiger partial charge in [-0.1, -0.05) is 20.8 Å². The van der Waals surface area contributed by atoms with Crippen LogP contribution in [0, 0.1) is 5.92 Å². The van der Waals surface area contributed by atoms with Gasteiger partial charge in [-0.2, -0.15) is 0 Å². The summed E-state index contributed by atoms with van der Waals surface area (Å²) in [5.74, 6) is 0.412. The Bertz CT molecular complexity index is 597. The molecule has 7 heteroatoms. The van der Waals surface area contributed by atoms with E-state index in [-0.39, 0.29) is 16.7 Å². The molecule has 2 N–H and O–H groups in total. The van der Waals surface area contributed by atoms with Crippen molar-refractivity contribution in [3.05, 3.63) is 18.2 Å². The molecule has 0 spiro atoms. The molecule has 0 aliphatic heterocycles. The molecule has 0 aromatic heterocycles. The Balaban J connectivity index is 3.09. The van der Waals surface area contributed by atoms with Crippen molar-refractivity contribution in [2.24, 2.45) is 5.92 Å². The monoisotopic (exact) mass is 314 g/mol. The van der Waals surface area contributed by atoms with Crippen LogP contribution in [0.5, 0.6) is 5.75 Å². The fraction of sp³-hybridized carbons (Fsp3) is 0.500. The lowest BCUT2D eigenvalue weighted by atomic mass is 10.2. The van der Waals surface area contributed by atoms with Gasteiger partial charge in [0.1, 0.15) is 5.75 Å². The molecule has 1 aromatic carbocycles. The number of ether oxygens (including phenoxy) is 1. The Morgan fingerprint density at radius 3 is 2.52 bits per heavy atom. The lowest BCUT2D eigenvalue weighted by molar-refractivity contribution is -0.115. The molecule has 0 unspecified atom stereocenters. The highest BCUT2D eigenvalue weighted by Crippen LogP contribution is 2.27. The van der Waals surface area contributed by atoms with Gasteiger partial charge in [0.15, 0.2) is 0 Å². The zero-order valence-corrected chi connectivity index (χ0v) is 13.6. The predicted molar refractivity (Wildman–Crippen MR) is 81.9 cm³/mol. The molecule has 21 heavy (non-hydrogen) atoms. The molecule has 1 amide bonds. The summed E-state index contributed by atoms with van der Waals surface area (Å²) in [6.07, 6.45) is 0.297. The van der Waals surface area contributed by atoms with Gasteiger partial charge >= 0.3 is 0 Å². The lowest BCUT2D eigenvalue weighted by Gasteiger charge is -2.13. The van der Waals surface area contributed by atoms with Crippen molar-refractivity contribution in [2.45, 2.75) is 32.1 Å². The van der Waals surface area contributed by atoms with Crippen LogP contribution in [0.4, 0.5) is 5.69 Å². The molecule has 0 fully saturated rings. The highest BCUT2D eigenvalue weighted by Gasteiger charge is 2.17. The highest BCUT2D eigenvalue weighted by atomic mass is 32.2. The molecular formula is C14H22N2O4S. The van der Waals surface area contributed by atoms with Gasteiger partial charge in [0.05, 0.1) is 17.7 Å². The first-order chi connectivity index (χ1) is 9.80. The van der Waals surface area contributed by atoms with E-state index in [9.17, 15) is 13.2 Å². The fourth-order valence-electron chi connectivity index (χ4n) is 1.55. The second-order valence-corrected chi connectivity index (χ2v) is 6.78. The zero-order valence-electron chi connectivity index (χ0n) is 12.8. The van der Waals surface area contributed by atoms with Gasteiger partial charge in [-0.15, -0.1) is 0 Å². The summed E-state index contributed by atoms with van der Waals surface area (Å²) in [6, 6.07) is 4.37. The average molecular weight is 314 g/mol. The molecule has 0 radical (unpaired) electrons. The number of sulfonamides is 1. The van der Waals surface area contributed by atoms with Crippen molar-refractivity contribution >= 4 is 21.6 Å². The number of amides is 1. The third kappa shape index (κ3) is 5.02. The number of rotatable bonds is 7. The number of hydrogen-bond acceptors (Lipinski definition) is 4. The minimum atomic E-state index is -3.60. The quantitative estimate of drug-likeness (QED) is 0.806. The van der Waals surface area contributed by atoms with Gasteiger partial charge in [-0.3, -0.25) is 4.79 Å². The molecule has 1 rings (SSSR count). The SMILES string of the molecule is CCC(=O)Nc1cc(S(=O)(=O)NCC(C)C)ccc1OC. The summed E-state index contributed by atoms with van der Waals surface area (Å²) < 4.78 is 32.0. The Morgan fingerprint density at radius 1 is 1.33 bits per heavy atom. The van der Waals surface area contributed by atoms with Crippen molar-refractivity contribution in [1.82, 2.24) is 4.72 Å². The number of anilines is 1. The van der Waals surface area contributed by atoms with E-state index in [0.29, 0.717) is 24.4 Å². The predicted octanol–water partition coefficient (Wildman–Crippen LogP) is 1.98. The molecule has 6 nitrogen and oxygen atoms in total. The molecule has 0 bridgehead atoms. The molecule has 1 aromatic rings. The smallest absolute Gasteiger partial charge is 0.240 e. The van der Waals surface area contributed by atoms with Crippen molar-refractivity contribution in [2.75, 3.05) is 19.0 Å². The van der Waals surface area contributed by atoms with Crippen molar-refractivity contribution in [3.63, 3.8) is 0 Å². The molecule has 0 aliphatic rings. The second kappa shape index (κ2) is 7.42. The van der Waals surface area contributed by atoms with Gasteiger partial charge in [-0.25, -0.2) is 13.1 Å². The lowest BCUT2D eigenvalue weighted by Crippen LogP contribution is -2.27. The number of benzene rings is 1. The first-order valence-electron chi connectivity index (χ1n) is 6.77. The van der Waals surface area contributed by atoms with Crippen molar-refractivity contribution in [3.8, 4) is 5.75 Å². The summed E-state index contributed by atoms with van der Waals surface area (Å²) in [7, 11) is -2.14. The molecule has 0 atom stereocenters. The van der Waals surface area contributed by atoms with E-state index in [1.54, 1.807) is 6.92 Å². The van der Waals surface area contributed by atoms with Crippen LogP contribution < -0.4 is 14.8 Å². The number of hydrogen-bond donors (Lipinski definition) is 2. The van der Waals surface area contributed by atoms with Crippen LogP contribution >= 0.6 is 0 Å². The standard InChI is InChI=1S/C14H22N2O4S/c1-5-14(17)16-12-8-11(6-7-13(12)20-4)21(18,19)15-9-10(2)3/h6-8,10,15H,5,9H2,1-4H3,(H,16,17). The van der Waals surface area contributed by atoms with E-state index in [1.807, 2.05) is 13.8 Å². The third-order valence-corrected chi connectivity index (χ3v) is 4.18. The molecular weight excluding hydrogens is 292 g/mol. The van der Waals surface area contributed by atoms with E-state index in [1.165, 1.54) is 25.3 Å².